The number of para-hydroxylation sites is 1. The number of benzene rings is 1. The molecule has 0 saturated carbocycles. The van der Waals surface area contributed by atoms with Gasteiger partial charge in [0.15, 0.2) is 5.69 Å². The Kier molecular flexibility index (Phi) is 5.71. The van der Waals surface area contributed by atoms with E-state index in [2.05, 4.69) is 10.4 Å². The molecular formula is C20H26N4O2. The second-order valence-corrected chi connectivity index (χ2v) is 7.01. The zero-order chi connectivity index (χ0) is 18.5. The molecule has 1 aliphatic heterocycles. The molecule has 0 spiro atoms. The van der Waals surface area contributed by atoms with Crippen LogP contribution in [0.1, 0.15) is 50.0 Å². The van der Waals surface area contributed by atoms with E-state index >= 15 is 0 Å². The van der Waals surface area contributed by atoms with Gasteiger partial charge in [-0.3, -0.25) is 9.59 Å². The third-order valence-electron chi connectivity index (χ3n) is 4.60. The van der Waals surface area contributed by atoms with Gasteiger partial charge in [-0.15, -0.1) is 0 Å². The Morgan fingerprint density at radius 1 is 1.04 bits per heavy atom. The Labute approximate surface area is 154 Å². The Hall–Kier alpha value is -2.63. The van der Waals surface area contributed by atoms with Crippen LogP contribution in [0.5, 0.6) is 0 Å². The van der Waals surface area contributed by atoms with E-state index in [1.54, 1.807) is 10.7 Å². The van der Waals surface area contributed by atoms with Gasteiger partial charge in [0.1, 0.15) is 5.82 Å². The monoisotopic (exact) mass is 354 g/mol. The van der Waals surface area contributed by atoms with Gasteiger partial charge >= 0.3 is 0 Å². The van der Waals surface area contributed by atoms with E-state index in [4.69, 9.17) is 0 Å². The molecule has 0 unspecified atom stereocenters. The fourth-order valence-corrected chi connectivity index (χ4v) is 3.05. The highest BCUT2D eigenvalue weighted by atomic mass is 16.2. The maximum absolute atomic E-state index is 12.9. The number of likely N-dealkylation sites (tertiary alicyclic amines) is 1. The summed E-state index contributed by atoms with van der Waals surface area (Å²) < 4.78 is 1.63. The van der Waals surface area contributed by atoms with Crippen molar-refractivity contribution in [3.63, 3.8) is 0 Å². The van der Waals surface area contributed by atoms with Gasteiger partial charge in [-0.2, -0.15) is 5.10 Å². The highest BCUT2D eigenvalue weighted by Crippen LogP contribution is 2.20. The lowest BCUT2D eigenvalue weighted by atomic mass is 10.2. The van der Waals surface area contributed by atoms with E-state index in [0.29, 0.717) is 11.5 Å². The highest BCUT2D eigenvalue weighted by molar-refractivity contribution is 5.96. The van der Waals surface area contributed by atoms with E-state index in [-0.39, 0.29) is 17.7 Å². The Morgan fingerprint density at radius 3 is 2.31 bits per heavy atom. The molecule has 0 bridgehead atoms. The van der Waals surface area contributed by atoms with Gasteiger partial charge in [-0.25, -0.2) is 4.68 Å². The van der Waals surface area contributed by atoms with Gasteiger partial charge in [0.2, 0.25) is 5.91 Å². The summed E-state index contributed by atoms with van der Waals surface area (Å²) in [6.07, 6.45) is 4.39. The quantitative estimate of drug-likeness (QED) is 0.914. The van der Waals surface area contributed by atoms with Crippen LogP contribution >= 0.6 is 0 Å². The highest BCUT2D eigenvalue weighted by Gasteiger charge is 2.23. The number of aromatic nitrogens is 2. The molecular weight excluding hydrogens is 328 g/mol. The molecule has 0 aliphatic carbocycles. The molecule has 1 aromatic carbocycles. The molecule has 138 valence electrons. The largest absolute Gasteiger partial charge is 0.337 e. The third-order valence-corrected chi connectivity index (χ3v) is 4.60. The first-order valence-corrected chi connectivity index (χ1v) is 9.32. The van der Waals surface area contributed by atoms with Crippen LogP contribution in [0.2, 0.25) is 0 Å². The number of hydrogen-bond donors (Lipinski definition) is 1. The summed E-state index contributed by atoms with van der Waals surface area (Å²) in [5.41, 5.74) is 1.18. The average molecular weight is 354 g/mol. The van der Waals surface area contributed by atoms with Crippen LogP contribution in [-0.4, -0.2) is 39.6 Å². The van der Waals surface area contributed by atoms with Crippen molar-refractivity contribution in [1.82, 2.24) is 14.7 Å². The summed E-state index contributed by atoms with van der Waals surface area (Å²) in [5.74, 6) is 0.199. The van der Waals surface area contributed by atoms with Crippen LogP contribution in [0.15, 0.2) is 36.4 Å². The van der Waals surface area contributed by atoms with Gasteiger partial charge < -0.3 is 10.2 Å². The summed E-state index contributed by atoms with van der Waals surface area (Å²) in [5, 5.41) is 7.40. The normalized spacial score (nSPS) is 15.0. The minimum absolute atomic E-state index is 0.0679. The molecule has 2 heterocycles. The summed E-state index contributed by atoms with van der Waals surface area (Å²) in [4.78, 5) is 27.0. The molecule has 26 heavy (non-hydrogen) atoms. The molecule has 1 N–H and O–H groups in total. The minimum atomic E-state index is -0.154. The number of anilines is 1. The van der Waals surface area contributed by atoms with Crippen molar-refractivity contribution in [1.29, 1.82) is 0 Å². The van der Waals surface area contributed by atoms with Crippen molar-refractivity contribution in [2.45, 2.75) is 39.5 Å². The predicted octanol–water partition coefficient (Wildman–Crippen LogP) is 3.48. The lowest BCUT2D eigenvalue weighted by molar-refractivity contribution is -0.118. The first-order valence-electron chi connectivity index (χ1n) is 9.32. The molecule has 6 heteroatoms. The lowest BCUT2D eigenvalue weighted by Crippen LogP contribution is -2.32. The van der Waals surface area contributed by atoms with Gasteiger partial charge in [0, 0.05) is 25.1 Å². The maximum atomic E-state index is 12.9. The van der Waals surface area contributed by atoms with Gasteiger partial charge in [0.05, 0.1) is 5.69 Å². The van der Waals surface area contributed by atoms with E-state index in [1.165, 1.54) is 0 Å². The molecule has 0 atom stereocenters. The zero-order valence-corrected chi connectivity index (χ0v) is 15.4. The number of nitrogens with one attached hydrogen (secondary N) is 1. The second-order valence-electron chi connectivity index (χ2n) is 7.01. The molecule has 3 rings (SSSR count). The second kappa shape index (κ2) is 8.17. The van der Waals surface area contributed by atoms with E-state index < -0.39 is 0 Å². The summed E-state index contributed by atoms with van der Waals surface area (Å²) in [6.45, 7) is 5.21. The van der Waals surface area contributed by atoms with Crippen LogP contribution in [0.4, 0.5) is 5.82 Å². The van der Waals surface area contributed by atoms with Crippen LogP contribution in [0.25, 0.3) is 5.69 Å². The molecule has 1 fully saturated rings. The zero-order valence-electron chi connectivity index (χ0n) is 15.4. The van der Waals surface area contributed by atoms with Crippen molar-refractivity contribution in [2.24, 2.45) is 5.92 Å². The fraction of sp³-hybridized carbons (Fsp3) is 0.450. The standard InChI is InChI=1S/C20H26N4O2/c1-15(2)19(25)21-18-14-17(20(26)23-12-8-3-4-9-13-23)22-24(18)16-10-6-5-7-11-16/h5-7,10-11,14-15H,3-4,8-9,12-13H2,1-2H3,(H,21,25). The number of carbonyl (C=O) groups excluding carboxylic acids is 2. The number of amides is 2. The van der Waals surface area contributed by atoms with Crippen molar-refractivity contribution in [3.05, 3.63) is 42.1 Å². The molecule has 1 saturated heterocycles. The molecule has 2 amide bonds. The number of nitrogens with zero attached hydrogens (tertiary/aromatic N) is 3. The Morgan fingerprint density at radius 2 is 1.69 bits per heavy atom. The van der Waals surface area contributed by atoms with E-state index in [1.807, 2.05) is 49.1 Å². The van der Waals surface area contributed by atoms with Crippen molar-refractivity contribution in [2.75, 3.05) is 18.4 Å². The van der Waals surface area contributed by atoms with E-state index in [0.717, 1.165) is 44.5 Å². The van der Waals surface area contributed by atoms with Crippen LogP contribution in [0, 0.1) is 5.92 Å². The molecule has 1 aromatic heterocycles. The van der Waals surface area contributed by atoms with E-state index in [9.17, 15) is 9.59 Å². The number of rotatable bonds is 4. The maximum Gasteiger partial charge on any atom is 0.274 e. The lowest BCUT2D eigenvalue weighted by Gasteiger charge is -2.18. The fourth-order valence-electron chi connectivity index (χ4n) is 3.05. The summed E-state index contributed by atoms with van der Waals surface area (Å²) in [7, 11) is 0. The Balaban J connectivity index is 1.92. The minimum Gasteiger partial charge on any atom is -0.337 e. The van der Waals surface area contributed by atoms with Gasteiger partial charge in [-0.05, 0) is 25.0 Å². The average Bonchev–Trinajstić information content (AvgIpc) is 2.87. The topological polar surface area (TPSA) is 67.2 Å². The van der Waals surface area contributed by atoms with Gasteiger partial charge in [0.25, 0.3) is 5.91 Å². The Bertz CT molecular complexity index is 759. The summed E-state index contributed by atoms with van der Waals surface area (Å²) in [6, 6.07) is 11.2. The van der Waals surface area contributed by atoms with Crippen LogP contribution in [-0.2, 0) is 4.79 Å². The van der Waals surface area contributed by atoms with Crippen molar-refractivity contribution < 1.29 is 9.59 Å². The van der Waals surface area contributed by atoms with Crippen LogP contribution < -0.4 is 5.32 Å². The van der Waals surface area contributed by atoms with Crippen molar-refractivity contribution >= 4 is 17.6 Å². The molecule has 6 nitrogen and oxygen atoms in total. The van der Waals surface area contributed by atoms with Crippen LogP contribution in [0.3, 0.4) is 0 Å². The predicted molar refractivity (Wildman–Crippen MR) is 101 cm³/mol. The first kappa shape index (κ1) is 18.2. The SMILES string of the molecule is CC(C)C(=O)Nc1cc(C(=O)N2CCCCCC2)nn1-c1ccccc1. The molecule has 0 radical (unpaired) electrons. The summed E-state index contributed by atoms with van der Waals surface area (Å²) >= 11 is 0. The molecule has 2 aromatic rings. The smallest absolute Gasteiger partial charge is 0.274 e. The number of carbonyl (C=O) groups is 2. The van der Waals surface area contributed by atoms with Crippen molar-refractivity contribution in [3.8, 4) is 5.69 Å². The third kappa shape index (κ3) is 4.12. The molecule has 1 aliphatic rings. The number of hydrogen-bond acceptors (Lipinski definition) is 3. The first-order chi connectivity index (χ1) is 12.6. The van der Waals surface area contributed by atoms with Gasteiger partial charge in [-0.1, -0.05) is 44.9 Å².